The molecule has 116 valence electrons. The van der Waals surface area contributed by atoms with E-state index in [-0.39, 0.29) is 17.9 Å². The van der Waals surface area contributed by atoms with Crippen LogP contribution in [0.1, 0.15) is 38.2 Å². The van der Waals surface area contributed by atoms with Crippen LogP contribution in [-0.4, -0.2) is 35.9 Å². The van der Waals surface area contributed by atoms with E-state index in [9.17, 15) is 9.59 Å². The monoisotopic (exact) mass is 292 g/mol. The lowest BCUT2D eigenvalue weighted by atomic mass is 10.2. The smallest absolute Gasteiger partial charge is 0.269 e. The van der Waals surface area contributed by atoms with E-state index in [2.05, 4.69) is 20.9 Å². The number of carbonyl (C=O) groups excluding carboxylic acids is 2. The van der Waals surface area contributed by atoms with Gasteiger partial charge in [0.15, 0.2) is 0 Å². The van der Waals surface area contributed by atoms with Crippen LogP contribution in [0.4, 0.5) is 5.69 Å². The lowest BCUT2D eigenvalue weighted by molar-refractivity contribution is -0.121. The molecule has 6 nitrogen and oxygen atoms in total. The molecule has 0 saturated carbocycles. The molecule has 0 spiro atoms. The van der Waals surface area contributed by atoms with Crippen LogP contribution in [-0.2, 0) is 4.79 Å². The van der Waals surface area contributed by atoms with Gasteiger partial charge >= 0.3 is 0 Å². The number of pyridine rings is 1. The molecule has 0 bridgehead atoms. The summed E-state index contributed by atoms with van der Waals surface area (Å²) in [6.45, 7) is 8.90. The highest BCUT2D eigenvalue weighted by molar-refractivity contribution is 5.93. The summed E-state index contributed by atoms with van der Waals surface area (Å²) in [6, 6.07) is 2.99. The van der Waals surface area contributed by atoms with Crippen molar-refractivity contribution in [3.63, 3.8) is 0 Å². The topological polar surface area (TPSA) is 83.1 Å². The Morgan fingerprint density at radius 3 is 2.57 bits per heavy atom. The van der Waals surface area contributed by atoms with Crippen molar-refractivity contribution in [1.82, 2.24) is 15.6 Å². The van der Waals surface area contributed by atoms with Gasteiger partial charge in [0.1, 0.15) is 11.7 Å². The van der Waals surface area contributed by atoms with Gasteiger partial charge in [0.25, 0.3) is 5.91 Å². The zero-order valence-corrected chi connectivity index (χ0v) is 13.1. The highest BCUT2D eigenvalue weighted by Crippen LogP contribution is 2.09. The molecule has 0 aliphatic rings. The summed E-state index contributed by atoms with van der Waals surface area (Å²) < 4.78 is 0. The number of nitrogens with one attached hydrogen (secondary N) is 3. The van der Waals surface area contributed by atoms with Crippen LogP contribution in [0.3, 0.4) is 0 Å². The molecular formula is C15H24N4O2. The van der Waals surface area contributed by atoms with Crippen molar-refractivity contribution in [1.29, 1.82) is 0 Å². The number of rotatable bonds is 7. The Hall–Kier alpha value is -2.11. The fourth-order valence-electron chi connectivity index (χ4n) is 1.67. The summed E-state index contributed by atoms with van der Waals surface area (Å²) in [7, 11) is 0. The van der Waals surface area contributed by atoms with Gasteiger partial charge in [-0.2, -0.15) is 0 Å². The van der Waals surface area contributed by atoms with Crippen LogP contribution >= 0.6 is 0 Å². The largest absolute Gasteiger partial charge is 0.374 e. The van der Waals surface area contributed by atoms with E-state index in [0.29, 0.717) is 30.4 Å². The Balaban J connectivity index is 2.63. The number of aromatic nitrogens is 1. The quantitative estimate of drug-likeness (QED) is 0.709. The number of anilines is 1. The fourth-order valence-corrected chi connectivity index (χ4v) is 1.67. The third-order valence-corrected chi connectivity index (χ3v) is 2.79. The molecule has 1 heterocycles. The summed E-state index contributed by atoms with van der Waals surface area (Å²) in [5.41, 5.74) is 1.02. The number of hydrogen-bond acceptors (Lipinski definition) is 4. The second kappa shape index (κ2) is 8.24. The molecule has 1 atom stereocenters. The molecule has 0 aliphatic heterocycles. The highest BCUT2D eigenvalue weighted by atomic mass is 16.2. The first-order valence-corrected chi connectivity index (χ1v) is 7.22. The standard InChI is InChI=1S/C15H24N4O2/c1-5-16-15(21)13-8-12(6-7-17-13)19-11(4)14(20)18-9-10(2)3/h6-8,10-11H,5,9H2,1-4H3,(H,16,21)(H,17,19)(H,18,20). The third-order valence-electron chi connectivity index (χ3n) is 2.79. The van der Waals surface area contributed by atoms with Gasteiger partial charge in [0.2, 0.25) is 5.91 Å². The summed E-state index contributed by atoms with van der Waals surface area (Å²) in [6.07, 6.45) is 1.55. The van der Waals surface area contributed by atoms with Gasteiger partial charge in [-0.05, 0) is 31.9 Å². The first-order chi connectivity index (χ1) is 9.93. The second-order valence-electron chi connectivity index (χ2n) is 5.29. The average Bonchev–Trinajstić information content (AvgIpc) is 2.45. The van der Waals surface area contributed by atoms with Crippen molar-refractivity contribution in [2.24, 2.45) is 5.92 Å². The summed E-state index contributed by atoms with van der Waals surface area (Å²) in [5.74, 6) is 0.115. The molecule has 0 saturated heterocycles. The molecule has 1 aromatic heterocycles. The molecule has 1 aromatic rings. The van der Waals surface area contributed by atoms with Crippen molar-refractivity contribution in [3.8, 4) is 0 Å². The van der Waals surface area contributed by atoms with E-state index in [1.807, 2.05) is 20.8 Å². The van der Waals surface area contributed by atoms with Gasteiger partial charge in [-0.25, -0.2) is 0 Å². The Morgan fingerprint density at radius 1 is 1.24 bits per heavy atom. The molecular weight excluding hydrogens is 268 g/mol. The molecule has 0 aliphatic carbocycles. The number of carbonyl (C=O) groups is 2. The molecule has 1 unspecified atom stereocenters. The van der Waals surface area contributed by atoms with Gasteiger partial charge in [-0.3, -0.25) is 14.6 Å². The third kappa shape index (κ3) is 5.81. The summed E-state index contributed by atoms with van der Waals surface area (Å²) >= 11 is 0. The van der Waals surface area contributed by atoms with Crippen molar-refractivity contribution < 1.29 is 9.59 Å². The molecule has 21 heavy (non-hydrogen) atoms. The van der Waals surface area contributed by atoms with Crippen LogP contribution in [0.5, 0.6) is 0 Å². The molecule has 3 N–H and O–H groups in total. The molecule has 0 radical (unpaired) electrons. The minimum absolute atomic E-state index is 0.0694. The van der Waals surface area contributed by atoms with Crippen molar-refractivity contribution >= 4 is 17.5 Å². The van der Waals surface area contributed by atoms with E-state index in [0.717, 1.165) is 0 Å². The maximum absolute atomic E-state index is 11.9. The Labute approximate surface area is 125 Å². The van der Waals surface area contributed by atoms with Gasteiger partial charge < -0.3 is 16.0 Å². The first kappa shape index (κ1) is 16.9. The zero-order valence-electron chi connectivity index (χ0n) is 13.1. The lowest BCUT2D eigenvalue weighted by Gasteiger charge is -2.16. The first-order valence-electron chi connectivity index (χ1n) is 7.22. The lowest BCUT2D eigenvalue weighted by Crippen LogP contribution is -2.39. The SMILES string of the molecule is CCNC(=O)c1cc(NC(C)C(=O)NCC(C)C)ccn1. The van der Waals surface area contributed by atoms with Crippen LogP contribution in [0.15, 0.2) is 18.3 Å². The average molecular weight is 292 g/mol. The van der Waals surface area contributed by atoms with E-state index in [4.69, 9.17) is 0 Å². The van der Waals surface area contributed by atoms with E-state index in [1.54, 1.807) is 25.3 Å². The van der Waals surface area contributed by atoms with Crippen LogP contribution in [0.25, 0.3) is 0 Å². The van der Waals surface area contributed by atoms with Crippen molar-refractivity contribution in [3.05, 3.63) is 24.0 Å². The van der Waals surface area contributed by atoms with Crippen LogP contribution in [0, 0.1) is 5.92 Å². The maximum atomic E-state index is 11.9. The Kier molecular flexibility index (Phi) is 6.65. The normalized spacial score (nSPS) is 11.9. The van der Waals surface area contributed by atoms with Gasteiger partial charge in [-0.1, -0.05) is 13.8 Å². The van der Waals surface area contributed by atoms with Gasteiger partial charge in [0, 0.05) is 25.0 Å². The summed E-state index contributed by atoms with van der Waals surface area (Å²) in [4.78, 5) is 27.6. The predicted octanol–water partition coefficient (Wildman–Crippen LogP) is 1.40. The highest BCUT2D eigenvalue weighted by Gasteiger charge is 2.13. The van der Waals surface area contributed by atoms with Crippen LogP contribution in [0.2, 0.25) is 0 Å². The number of nitrogens with zero attached hydrogens (tertiary/aromatic N) is 1. The zero-order chi connectivity index (χ0) is 15.8. The van der Waals surface area contributed by atoms with E-state index >= 15 is 0 Å². The molecule has 0 aromatic carbocycles. The molecule has 0 fully saturated rings. The van der Waals surface area contributed by atoms with Crippen LogP contribution < -0.4 is 16.0 Å². The van der Waals surface area contributed by atoms with E-state index in [1.165, 1.54) is 0 Å². The number of hydrogen-bond donors (Lipinski definition) is 3. The maximum Gasteiger partial charge on any atom is 0.269 e. The minimum atomic E-state index is -0.381. The minimum Gasteiger partial charge on any atom is -0.374 e. The van der Waals surface area contributed by atoms with E-state index < -0.39 is 0 Å². The second-order valence-corrected chi connectivity index (χ2v) is 5.29. The molecule has 6 heteroatoms. The Morgan fingerprint density at radius 2 is 1.95 bits per heavy atom. The Bertz CT molecular complexity index is 488. The molecule has 1 rings (SSSR count). The van der Waals surface area contributed by atoms with Crippen molar-refractivity contribution in [2.45, 2.75) is 33.7 Å². The molecule has 2 amide bonds. The summed E-state index contributed by atoms with van der Waals surface area (Å²) in [5, 5.41) is 8.62. The predicted molar refractivity (Wildman–Crippen MR) is 83.2 cm³/mol. The van der Waals surface area contributed by atoms with Gasteiger partial charge in [0.05, 0.1) is 0 Å². The fraction of sp³-hybridized carbons (Fsp3) is 0.533. The van der Waals surface area contributed by atoms with Crippen molar-refractivity contribution in [2.75, 3.05) is 18.4 Å². The van der Waals surface area contributed by atoms with Gasteiger partial charge in [-0.15, -0.1) is 0 Å². The number of amides is 2.